The molecule has 0 aromatic heterocycles. The number of methoxy groups -OCH3 is 1. The Labute approximate surface area is 161 Å². The average Bonchev–Trinajstić information content (AvgIpc) is 2.66. The number of hydrogen-bond donors (Lipinski definition) is 2. The SMILES string of the molecule is CCOc1c(Cl)cc(C(=O)NCCNc2ccc([N+](=O)[O-])cc2)cc1OC. The lowest BCUT2D eigenvalue weighted by molar-refractivity contribution is -0.384. The predicted molar refractivity (Wildman–Crippen MR) is 103 cm³/mol. The first-order valence-electron chi connectivity index (χ1n) is 8.23. The Kier molecular flexibility index (Phi) is 7.25. The first kappa shape index (κ1) is 20.3. The standard InChI is InChI=1S/C18H20ClN3O5/c1-3-27-17-15(19)10-12(11-16(17)26-2)18(23)21-9-8-20-13-4-6-14(7-5-13)22(24)25/h4-7,10-11,20H,3,8-9H2,1-2H3,(H,21,23). The number of benzene rings is 2. The van der Waals surface area contributed by atoms with E-state index in [9.17, 15) is 14.9 Å². The summed E-state index contributed by atoms with van der Waals surface area (Å²) in [6.07, 6.45) is 0. The molecule has 2 aromatic carbocycles. The molecule has 27 heavy (non-hydrogen) atoms. The third-order valence-electron chi connectivity index (χ3n) is 3.60. The van der Waals surface area contributed by atoms with Gasteiger partial charge in [-0.2, -0.15) is 0 Å². The zero-order valence-electron chi connectivity index (χ0n) is 15.0. The van der Waals surface area contributed by atoms with Gasteiger partial charge in [-0.1, -0.05) is 11.6 Å². The van der Waals surface area contributed by atoms with E-state index in [4.69, 9.17) is 21.1 Å². The molecule has 0 aliphatic heterocycles. The fraction of sp³-hybridized carbons (Fsp3) is 0.278. The molecule has 0 spiro atoms. The molecular formula is C18H20ClN3O5. The van der Waals surface area contributed by atoms with Gasteiger partial charge in [0.1, 0.15) is 0 Å². The van der Waals surface area contributed by atoms with Gasteiger partial charge in [0.05, 0.1) is 23.7 Å². The first-order valence-corrected chi connectivity index (χ1v) is 8.61. The minimum atomic E-state index is -0.458. The monoisotopic (exact) mass is 393 g/mol. The maximum absolute atomic E-state index is 12.3. The van der Waals surface area contributed by atoms with E-state index in [-0.39, 0.29) is 11.6 Å². The highest BCUT2D eigenvalue weighted by Crippen LogP contribution is 2.36. The van der Waals surface area contributed by atoms with Gasteiger partial charge >= 0.3 is 0 Å². The van der Waals surface area contributed by atoms with Crippen LogP contribution in [0.3, 0.4) is 0 Å². The molecule has 2 rings (SSSR count). The zero-order valence-corrected chi connectivity index (χ0v) is 15.7. The number of non-ortho nitro benzene ring substituents is 1. The minimum Gasteiger partial charge on any atom is -0.493 e. The van der Waals surface area contributed by atoms with Gasteiger partial charge in [0.15, 0.2) is 11.5 Å². The third-order valence-corrected chi connectivity index (χ3v) is 3.88. The van der Waals surface area contributed by atoms with Crippen LogP contribution in [-0.4, -0.2) is 37.6 Å². The van der Waals surface area contributed by atoms with E-state index in [0.717, 1.165) is 5.69 Å². The molecule has 0 saturated carbocycles. The molecule has 0 radical (unpaired) electrons. The molecule has 0 heterocycles. The number of nitro benzene ring substituents is 1. The highest BCUT2D eigenvalue weighted by molar-refractivity contribution is 6.32. The summed E-state index contributed by atoms with van der Waals surface area (Å²) in [5.74, 6) is 0.486. The molecule has 0 aliphatic rings. The lowest BCUT2D eigenvalue weighted by atomic mass is 10.2. The van der Waals surface area contributed by atoms with Crippen molar-refractivity contribution in [3.8, 4) is 11.5 Å². The van der Waals surface area contributed by atoms with E-state index >= 15 is 0 Å². The maximum Gasteiger partial charge on any atom is 0.269 e. The van der Waals surface area contributed by atoms with E-state index in [1.807, 2.05) is 6.92 Å². The topological polar surface area (TPSA) is 103 Å². The van der Waals surface area contributed by atoms with Crippen molar-refractivity contribution in [3.05, 3.63) is 57.1 Å². The molecular weight excluding hydrogens is 374 g/mol. The normalized spacial score (nSPS) is 10.2. The van der Waals surface area contributed by atoms with Crippen LogP contribution in [0.25, 0.3) is 0 Å². The van der Waals surface area contributed by atoms with Gasteiger partial charge in [0, 0.05) is 36.5 Å². The second-order valence-electron chi connectivity index (χ2n) is 5.41. The van der Waals surface area contributed by atoms with Crippen LogP contribution in [0.2, 0.25) is 5.02 Å². The van der Waals surface area contributed by atoms with E-state index in [2.05, 4.69) is 10.6 Å². The number of amides is 1. The highest BCUT2D eigenvalue weighted by Gasteiger charge is 2.15. The van der Waals surface area contributed by atoms with Crippen molar-refractivity contribution in [2.75, 3.05) is 32.1 Å². The fourth-order valence-corrected chi connectivity index (χ4v) is 2.59. The van der Waals surface area contributed by atoms with Crippen molar-refractivity contribution in [2.24, 2.45) is 0 Å². The molecule has 0 saturated heterocycles. The van der Waals surface area contributed by atoms with Crippen molar-refractivity contribution in [1.29, 1.82) is 0 Å². The van der Waals surface area contributed by atoms with Crippen molar-refractivity contribution in [2.45, 2.75) is 6.92 Å². The van der Waals surface area contributed by atoms with Crippen LogP contribution in [0, 0.1) is 10.1 Å². The lowest BCUT2D eigenvalue weighted by Crippen LogP contribution is -2.28. The number of carbonyl (C=O) groups excluding carboxylic acids is 1. The Morgan fingerprint density at radius 1 is 1.22 bits per heavy atom. The highest BCUT2D eigenvalue weighted by atomic mass is 35.5. The quantitative estimate of drug-likeness (QED) is 0.384. The van der Waals surface area contributed by atoms with E-state index in [0.29, 0.717) is 41.8 Å². The summed E-state index contributed by atoms with van der Waals surface area (Å²) < 4.78 is 10.7. The second-order valence-corrected chi connectivity index (χ2v) is 5.82. The van der Waals surface area contributed by atoms with E-state index in [1.54, 1.807) is 18.2 Å². The summed E-state index contributed by atoms with van der Waals surface area (Å²) in [6, 6.07) is 9.13. The number of ether oxygens (including phenoxy) is 2. The summed E-state index contributed by atoms with van der Waals surface area (Å²) in [5.41, 5.74) is 1.10. The number of halogens is 1. The van der Waals surface area contributed by atoms with Gasteiger partial charge in [-0.15, -0.1) is 0 Å². The van der Waals surface area contributed by atoms with Crippen molar-refractivity contribution in [3.63, 3.8) is 0 Å². The summed E-state index contributed by atoms with van der Waals surface area (Å²) in [6.45, 7) is 3.05. The second kappa shape index (κ2) is 9.63. The lowest BCUT2D eigenvalue weighted by Gasteiger charge is -2.13. The van der Waals surface area contributed by atoms with Crippen LogP contribution in [-0.2, 0) is 0 Å². The van der Waals surface area contributed by atoms with Crippen molar-refractivity contribution < 1.29 is 19.2 Å². The number of nitro groups is 1. The summed E-state index contributed by atoms with van der Waals surface area (Å²) in [4.78, 5) is 22.5. The molecule has 8 nitrogen and oxygen atoms in total. The molecule has 2 aromatic rings. The largest absolute Gasteiger partial charge is 0.493 e. The molecule has 9 heteroatoms. The smallest absolute Gasteiger partial charge is 0.269 e. The molecule has 1 amide bonds. The van der Waals surface area contributed by atoms with Crippen molar-refractivity contribution in [1.82, 2.24) is 5.32 Å². The first-order chi connectivity index (χ1) is 13.0. The summed E-state index contributed by atoms with van der Waals surface area (Å²) in [5, 5.41) is 16.8. The van der Waals surface area contributed by atoms with Crippen molar-refractivity contribution >= 4 is 28.9 Å². The molecule has 0 bridgehead atoms. The molecule has 0 unspecified atom stereocenters. The van der Waals surface area contributed by atoms with Gasteiger partial charge in [-0.05, 0) is 31.2 Å². The zero-order chi connectivity index (χ0) is 19.8. The number of nitrogens with zero attached hydrogens (tertiary/aromatic N) is 1. The van der Waals surface area contributed by atoms with Crippen LogP contribution in [0.1, 0.15) is 17.3 Å². The fourth-order valence-electron chi connectivity index (χ4n) is 2.32. The molecule has 2 N–H and O–H groups in total. The van der Waals surface area contributed by atoms with Gasteiger partial charge in [-0.3, -0.25) is 14.9 Å². The number of hydrogen-bond acceptors (Lipinski definition) is 6. The Balaban J connectivity index is 1.90. The van der Waals surface area contributed by atoms with Gasteiger partial charge in [0.25, 0.3) is 11.6 Å². The van der Waals surface area contributed by atoms with Gasteiger partial charge in [-0.25, -0.2) is 0 Å². The number of rotatable bonds is 9. The maximum atomic E-state index is 12.3. The average molecular weight is 394 g/mol. The van der Waals surface area contributed by atoms with Crippen LogP contribution in [0.15, 0.2) is 36.4 Å². The summed E-state index contributed by atoms with van der Waals surface area (Å²) >= 11 is 6.17. The van der Waals surface area contributed by atoms with Crippen LogP contribution < -0.4 is 20.1 Å². The summed E-state index contributed by atoms with van der Waals surface area (Å²) in [7, 11) is 1.48. The number of carbonyl (C=O) groups is 1. The predicted octanol–water partition coefficient (Wildman–Crippen LogP) is 3.50. The Bertz CT molecular complexity index is 811. The minimum absolute atomic E-state index is 0.0233. The number of nitrogens with one attached hydrogen (secondary N) is 2. The van der Waals surface area contributed by atoms with Gasteiger partial charge < -0.3 is 20.1 Å². The molecule has 144 valence electrons. The Hall–Kier alpha value is -3.00. The number of anilines is 1. The molecule has 0 fully saturated rings. The third kappa shape index (κ3) is 5.49. The Morgan fingerprint density at radius 3 is 2.52 bits per heavy atom. The van der Waals surface area contributed by atoms with E-state index in [1.165, 1.54) is 25.3 Å². The molecule has 0 atom stereocenters. The Morgan fingerprint density at radius 2 is 1.93 bits per heavy atom. The van der Waals surface area contributed by atoms with Crippen LogP contribution in [0.5, 0.6) is 11.5 Å². The van der Waals surface area contributed by atoms with Gasteiger partial charge in [0.2, 0.25) is 0 Å². The van der Waals surface area contributed by atoms with Crippen LogP contribution >= 0.6 is 11.6 Å². The van der Waals surface area contributed by atoms with E-state index < -0.39 is 4.92 Å². The molecule has 0 aliphatic carbocycles. The van der Waals surface area contributed by atoms with Crippen LogP contribution in [0.4, 0.5) is 11.4 Å².